The molecule has 96 valence electrons. The molecule has 1 fully saturated rings. The number of carbonyl (C=O) groups is 1. The lowest BCUT2D eigenvalue weighted by Gasteiger charge is -2.14. The molecule has 1 N–H and O–H groups in total. The number of hydrogen-bond donors (Lipinski definition) is 1. The van der Waals surface area contributed by atoms with E-state index in [4.69, 9.17) is 14.2 Å². The second-order valence-electron chi connectivity index (χ2n) is 4.61. The van der Waals surface area contributed by atoms with Gasteiger partial charge in [0, 0.05) is 17.5 Å². The first kappa shape index (κ1) is 11.2. The Kier molecular flexibility index (Phi) is 2.54. The van der Waals surface area contributed by atoms with Crippen LogP contribution in [-0.4, -0.2) is 25.9 Å². The topological polar surface area (TPSA) is 56.8 Å². The highest BCUT2D eigenvalue weighted by molar-refractivity contribution is 5.70. The molecule has 1 aromatic rings. The molecule has 1 aromatic carbocycles. The van der Waals surface area contributed by atoms with Gasteiger partial charge < -0.3 is 19.5 Å². The van der Waals surface area contributed by atoms with Gasteiger partial charge in [-0.1, -0.05) is 0 Å². The number of carbonyl (C=O) groups excluding carboxylic acids is 1. The molecule has 2 heterocycles. The minimum absolute atomic E-state index is 0.184. The molecule has 0 bridgehead atoms. The van der Waals surface area contributed by atoms with Crippen molar-refractivity contribution in [3.63, 3.8) is 0 Å². The zero-order valence-electron chi connectivity index (χ0n) is 10.4. The van der Waals surface area contributed by atoms with Crippen molar-refractivity contribution in [2.75, 3.05) is 13.7 Å². The van der Waals surface area contributed by atoms with Crippen LogP contribution < -0.4 is 14.8 Å². The standard InChI is InChI=1S/C13H15NO4/c1-7-3-8-4-11(16-2)9(5-10(8)17-7)12-6-14-13(15)18-12/h4-5,7,12H,3,6H2,1-2H3,(H,14,15). The SMILES string of the molecule is COc1cc2c(cc1C1CNC(=O)O1)OC(C)C2. The van der Waals surface area contributed by atoms with Crippen molar-refractivity contribution in [3.05, 3.63) is 23.3 Å². The minimum atomic E-state index is -0.392. The number of hydrogen-bond acceptors (Lipinski definition) is 4. The minimum Gasteiger partial charge on any atom is -0.496 e. The normalized spacial score (nSPS) is 25.1. The summed E-state index contributed by atoms with van der Waals surface area (Å²) in [6.45, 7) is 2.49. The van der Waals surface area contributed by atoms with Gasteiger partial charge in [0.15, 0.2) is 0 Å². The molecular formula is C13H15NO4. The Morgan fingerprint density at radius 3 is 2.89 bits per heavy atom. The van der Waals surface area contributed by atoms with Gasteiger partial charge in [-0.05, 0) is 19.1 Å². The quantitative estimate of drug-likeness (QED) is 0.868. The monoisotopic (exact) mass is 249 g/mol. The second kappa shape index (κ2) is 4.08. The Bertz CT molecular complexity index is 500. The number of amides is 1. The van der Waals surface area contributed by atoms with Gasteiger partial charge in [-0.2, -0.15) is 0 Å². The largest absolute Gasteiger partial charge is 0.496 e. The van der Waals surface area contributed by atoms with Crippen LogP contribution in [0.15, 0.2) is 12.1 Å². The van der Waals surface area contributed by atoms with E-state index in [-0.39, 0.29) is 12.2 Å². The molecular weight excluding hydrogens is 234 g/mol. The van der Waals surface area contributed by atoms with Crippen LogP contribution in [0.5, 0.6) is 11.5 Å². The zero-order chi connectivity index (χ0) is 12.7. The van der Waals surface area contributed by atoms with Crippen molar-refractivity contribution in [1.82, 2.24) is 5.32 Å². The van der Waals surface area contributed by atoms with Crippen LogP contribution in [0.4, 0.5) is 4.79 Å². The Hall–Kier alpha value is -1.91. The van der Waals surface area contributed by atoms with Gasteiger partial charge in [0.25, 0.3) is 0 Å². The van der Waals surface area contributed by atoms with Crippen molar-refractivity contribution in [3.8, 4) is 11.5 Å². The van der Waals surface area contributed by atoms with E-state index in [1.54, 1.807) is 7.11 Å². The van der Waals surface area contributed by atoms with E-state index in [0.717, 1.165) is 29.0 Å². The number of cyclic esters (lactones) is 1. The number of rotatable bonds is 2. The number of alkyl carbamates (subject to hydrolysis) is 1. The van der Waals surface area contributed by atoms with Crippen LogP contribution in [0.2, 0.25) is 0 Å². The summed E-state index contributed by atoms with van der Waals surface area (Å²) in [7, 11) is 1.62. The van der Waals surface area contributed by atoms with Crippen LogP contribution in [-0.2, 0) is 11.2 Å². The third-order valence-electron chi connectivity index (χ3n) is 3.28. The summed E-state index contributed by atoms with van der Waals surface area (Å²) in [4.78, 5) is 11.1. The number of benzene rings is 1. The number of fused-ring (bicyclic) bond motifs is 1. The molecule has 0 spiro atoms. The highest BCUT2D eigenvalue weighted by atomic mass is 16.6. The average molecular weight is 249 g/mol. The van der Waals surface area contributed by atoms with Crippen LogP contribution >= 0.6 is 0 Å². The number of nitrogens with one attached hydrogen (secondary N) is 1. The molecule has 2 aliphatic rings. The molecule has 5 heteroatoms. The lowest BCUT2D eigenvalue weighted by molar-refractivity contribution is 0.139. The highest BCUT2D eigenvalue weighted by Crippen LogP contribution is 2.39. The average Bonchev–Trinajstić information content (AvgIpc) is 2.91. The first-order chi connectivity index (χ1) is 8.67. The Balaban J connectivity index is 1.98. The van der Waals surface area contributed by atoms with E-state index >= 15 is 0 Å². The summed E-state index contributed by atoms with van der Waals surface area (Å²) in [6.07, 6.45) is 0.368. The molecule has 18 heavy (non-hydrogen) atoms. The van der Waals surface area contributed by atoms with Crippen molar-refractivity contribution >= 4 is 6.09 Å². The molecule has 0 aromatic heterocycles. The summed E-state index contributed by atoms with van der Waals surface area (Å²) >= 11 is 0. The predicted molar refractivity (Wildman–Crippen MR) is 64.0 cm³/mol. The van der Waals surface area contributed by atoms with Crippen molar-refractivity contribution in [2.24, 2.45) is 0 Å². The van der Waals surface area contributed by atoms with E-state index in [1.807, 2.05) is 19.1 Å². The molecule has 0 aliphatic carbocycles. The van der Waals surface area contributed by atoms with Gasteiger partial charge in [-0.15, -0.1) is 0 Å². The maximum atomic E-state index is 11.1. The maximum Gasteiger partial charge on any atom is 0.407 e. The van der Waals surface area contributed by atoms with Crippen molar-refractivity contribution < 1.29 is 19.0 Å². The van der Waals surface area contributed by atoms with Gasteiger partial charge in [-0.3, -0.25) is 0 Å². The predicted octanol–water partition coefficient (Wildman–Crippen LogP) is 1.80. The maximum absolute atomic E-state index is 11.1. The number of ether oxygens (including phenoxy) is 3. The van der Waals surface area contributed by atoms with Gasteiger partial charge >= 0.3 is 6.09 Å². The van der Waals surface area contributed by atoms with E-state index in [9.17, 15) is 4.79 Å². The fourth-order valence-corrected chi connectivity index (χ4v) is 2.45. The van der Waals surface area contributed by atoms with Crippen LogP contribution in [0.1, 0.15) is 24.2 Å². The van der Waals surface area contributed by atoms with E-state index in [1.165, 1.54) is 0 Å². The van der Waals surface area contributed by atoms with Crippen LogP contribution in [0.3, 0.4) is 0 Å². The summed E-state index contributed by atoms with van der Waals surface area (Å²) in [5.74, 6) is 1.61. The number of methoxy groups -OCH3 is 1. The Morgan fingerprint density at radius 1 is 1.39 bits per heavy atom. The van der Waals surface area contributed by atoms with Gasteiger partial charge in [0.05, 0.1) is 13.7 Å². The Labute approximate surface area is 105 Å². The molecule has 2 aliphatic heterocycles. The molecule has 2 unspecified atom stereocenters. The van der Waals surface area contributed by atoms with Gasteiger partial charge in [0.2, 0.25) is 0 Å². The van der Waals surface area contributed by atoms with E-state index < -0.39 is 6.09 Å². The summed E-state index contributed by atoms with van der Waals surface area (Å²) < 4.78 is 16.3. The zero-order valence-corrected chi connectivity index (χ0v) is 10.4. The van der Waals surface area contributed by atoms with Crippen molar-refractivity contribution in [1.29, 1.82) is 0 Å². The van der Waals surface area contributed by atoms with Gasteiger partial charge in [-0.25, -0.2) is 4.79 Å². The van der Waals surface area contributed by atoms with Crippen LogP contribution in [0.25, 0.3) is 0 Å². The third-order valence-corrected chi connectivity index (χ3v) is 3.28. The first-order valence-electron chi connectivity index (χ1n) is 5.99. The molecule has 2 atom stereocenters. The lowest BCUT2D eigenvalue weighted by atomic mass is 10.0. The fourth-order valence-electron chi connectivity index (χ4n) is 2.45. The summed E-state index contributed by atoms with van der Waals surface area (Å²) in [6, 6.07) is 3.89. The smallest absolute Gasteiger partial charge is 0.407 e. The van der Waals surface area contributed by atoms with Crippen LogP contribution in [0, 0.1) is 0 Å². The Morgan fingerprint density at radius 2 is 2.22 bits per heavy atom. The molecule has 1 amide bonds. The molecule has 3 rings (SSSR count). The molecule has 0 radical (unpaired) electrons. The summed E-state index contributed by atoms with van der Waals surface area (Å²) in [5.41, 5.74) is 1.99. The molecule has 0 saturated carbocycles. The second-order valence-corrected chi connectivity index (χ2v) is 4.61. The molecule has 5 nitrogen and oxygen atoms in total. The molecule has 1 saturated heterocycles. The van der Waals surface area contributed by atoms with E-state index in [0.29, 0.717) is 6.54 Å². The first-order valence-corrected chi connectivity index (χ1v) is 5.99. The fraction of sp³-hybridized carbons (Fsp3) is 0.462. The highest BCUT2D eigenvalue weighted by Gasteiger charge is 2.30. The van der Waals surface area contributed by atoms with E-state index in [2.05, 4.69) is 5.32 Å². The van der Waals surface area contributed by atoms with Gasteiger partial charge in [0.1, 0.15) is 23.7 Å². The summed E-state index contributed by atoms with van der Waals surface area (Å²) in [5, 5.41) is 2.64. The third kappa shape index (κ3) is 1.75. The lowest BCUT2D eigenvalue weighted by Crippen LogP contribution is -2.12. The van der Waals surface area contributed by atoms with Crippen molar-refractivity contribution in [2.45, 2.75) is 25.6 Å².